The van der Waals surface area contributed by atoms with Crippen LogP contribution in [-0.2, 0) is 9.53 Å². The first kappa shape index (κ1) is 18.0. The fraction of sp³-hybridized carbons (Fsp3) is 0.632. The molecule has 1 aromatic carbocycles. The molecule has 6 nitrogen and oxygen atoms in total. The van der Waals surface area contributed by atoms with Crippen LogP contribution in [0, 0.1) is 5.92 Å². The Labute approximate surface area is 150 Å². The van der Waals surface area contributed by atoms with E-state index in [1.54, 1.807) is 7.11 Å². The minimum Gasteiger partial charge on any atom is -0.497 e. The quantitative estimate of drug-likeness (QED) is 0.898. The van der Waals surface area contributed by atoms with E-state index in [-0.39, 0.29) is 11.9 Å². The van der Waals surface area contributed by atoms with Crippen LogP contribution in [0.15, 0.2) is 24.3 Å². The third kappa shape index (κ3) is 4.07. The van der Waals surface area contributed by atoms with E-state index in [2.05, 4.69) is 17.3 Å². The number of anilines is 1. The molecule has 138 valence electrons. The van der Waals surface area contributed by atoms with Gasteiger partial charge in [-0.2, -0.15) is 0 Å². The van der Waals surface area contributed by atoms with E-state index < -0.39 is 5.54 Å². The van der Waals surface area contributed by atoms with Crippen LogP contribution in [0.1, 0.15) is 13.8 Å². The smallest absolute Gasteiger partial charge is 0.247 e. The minimum atomic E-state index is -0.674. The van der Waals surface area contributed by atoms with Gasteiger partial charge in [0, 0.05) is 31.2 Å². The van der Waals surface area contributed by atoms with Crippen molar-refractivity contribution < 1.29 is 14.3 Å². The molecule has 0 saturated carbocycles. The molecule has 0 aromatic heterocycles. The molecule has 2 aliphatic rings. The predicted molar refractivity (Wildman–Crippen MR) is 98.0 cm³/mol. The second kappa shape index (κ2) is 7.22. The molecule has 1 aromatic rings. The third-order valence-electron chi connectivity index (χ3n) is 5.11. The average molecular weight is 347 g/mol. The van der Waals surface area contributed by atoms with E-state index in [0.29, 0.717) is 12.5 Å². The summed E-state index contributed by atoms with van der Waals surface area (Å²) < 4.78 is 10.9. The van der Waals surface area contributed by atoms with Crippen LogP contribution in [0.4, 0.5) is 5.69 Å². The molecular weight excluding hydrogens is 318 g/mol. The first-order chi connectivity index (χ1) is 11.9. The number of amides is 1. The lowest BCUT2D eigenvalue weighted by atomic mass is 10.0. The summed E-state index contributed by atoms with van der Waals surface area (Å²) in [7, 11) is 3.77. The minimum absolute atomic E-state index is 0.135. The standard InChI is InChI=1S/C19H29N3O3/c1-19(2,20-15-5-7-17(24-4)8-6-15)18(23)22-10-14-9-21(3)16(11-22)13-25-12-14/h5-8,14,16,20H,9-13H2,1-4H3/t14-,16+/m1/s1. The Morgan fingerprint density at radius 1 is 1.20 bits per heavy atom. The van der Waals surface area contributed by atoms with E-state index >= 15 is 0 Å². The molecule has 2 atom stereocenters. The van der Waals surface area contributed by atoms with E-state index in [9.17, 15) is 4.79 Å². The molecule has 1 N–H and O–H groups in total. The number of hydrogen-bond acceptors (Lipinski definition) is 5. The maximum Gasteiger partial charge on any atom is 0.247 e. The van der Waals surface area contributed by atoms with Crippen molar-refractivity contribution in [3.05, 3.63) is 24.3 Å². The number of ether oxygens (including phenoxy) is 2. The highest BCUT2D eigenvalue weighted by molar-refractivity contribution is 5.88. The summed E-state index contributed by atoms with van der Waals surface area (Å²) in [4.78, 5) is 17.6. The SMILES string of the molecule is COc1ccc(NC(C)(C)C(=O)N2C[C@@H]3COC[C@H](C2)N(C)C3)cc1. The number of benzene rings is 1. The normalized spacial score (nSPS) is 24.6. The number of hydrogen-bond donors (Lipinski definition) is 1. The Morgan fingerprint density at radius 3 is 2.60 bits per heavy atom. The lowest BCUT2D eigenvalue weighted by molar-refractivity contribution is -0.136. The second-order valence-corrected chi connectivity index (χ2v) is 7.69. The molecule has 2 aliphatic heterocycles. The van der Waals surface area contributed by atoms with Gasteiger partial charge in [-0.05, 0) is 45.2 Å². The van der Waals surface area contributed by atoms with Gasteiger partial charge in [-0.1, -0.05) is 0 Å². The van der Waals surface area contributed by atoms with Crippen LogP contribution in [0.25, 0.3) is 0 Å². The summed E-state index contributed by atoms with van der Waals surface area (Å²) in [6, 6.07) is 7.93. The van der Waals surface area contributed by atoms with Gasteiger partial charge in [-0.15, -0.1) is 0 Å². The highest BCUT2D eigenvalue weighted by atomic mass is 16.5. The molecule has 2 fully saturated rings. The van der Waals surface area contributed by atoms with Crippen molar-refractivity contribution in [2.75, 3.05) is 52.3 Å². The van der Waals surface area contributed by atoms with Gasteiger partial charge in [0.2, 0.25) is 5.91 Å². The number of rotatable bonds is 4. The monoisotopic (exact) mass is 347 g/mol. The molecular formula is C19H29N3O3. The van der Waals surface area contributed by atoms with Crippen LogP contribution < -0.4 is 10.1 Å². The van der Waals surface area contributed by atoms with Gasteiger partial charge < -0.3 is 19.7 Å². The first-order valence-corrected chi connectivity index (χ1v) is 8.88. The number of fused-ring (bicyclic) bond motifs is 3. The summed E-state index contributed by atoms with van der Waals surface area (Å²) in [5.41, 5.74) is 0.238. The summed E-state index contributed by atoms with van der Waals surface area (Å²) in [6.07, 6.45) is 0. The molecule has 0 spiro atoms. The predicted octanol–water partition coefficient (Wildman–Crippen LogP) is 1.67. The van der Waals surface area contributed by atoms with E-state index in [4.69, 9.17) is 9.47 Å². The molecule has 6 heteroatoms. The highest BCUT2D eigenvalue weighted by Gasteiger charge is 2.38. The van der Waals surface area contributed by atoms with Gasteiger partial charge in [0.05, 0.1) is 26.4 Å². The van der Waals surface area contributed by atoms with E-state index in [1.807, 2.05) is 43.0 Å². The van der Waals surface area contributed by atoms with Crippen LogP contribution in [0.5, 0.6) is 5.75 Å². The molecule has 2 bridgehead atoms. The van der Waals surface area contributed by atoms with E-state index in [1.165, 1.54) is 0 Å². The van der Waals surface area contributed by atoms with Gasteiger partial charge in [-0.3, -0.25) is 9.69 Å². The zero-order valence-electron chi connectivity index (χ0n) is 15.6. The molecule has 1 amide bonds. The van der Waals surface area contributed by atoms with Gasteiger partial charge in [0.15, 0.2) is 0 Å². The largest absolute Gasteiger partial charge is 0.497 e. The topological polar surface area (TPSA) is 54.0 Å². The van der Waals surface area contributed by atoms with E-state index in [0.717, 1.165) is 37.7 Å². The number of carbonyl (C=O) groups excluding carboxylic acids is 1. The molecule has 2 heterocycles. The van der Waals surface area contributed by atoms with Gasteiger partial charge in [0.1, 0.15) is 11.3 Å². The van der Waals surface area contributed by atoms with Crippen molar-refractivity contribution in [3.63, 3.8) is 0 Å². The molecule has 3 rings (SSSR count). The second-order valence-electron chi connectivity index (χ2n) is 7.69. The Hall–Kier alpha value is -1.79. The third-order valence-corrected chi connectivity index (χ3v) is 5.11. The number of carbonyl (C=O) groups is 1. The van der Waals surface area contributed by atoms with Crippen molar-refractivity contribution in [1.29, 1.82) is 0 Å². The van der Waals surface area contributed by atoms with Crippen molar-refractivity contribution in [3.8, 4) is 5.75 Å². The van der Waals surface area contributed by atoms with Crippen LogP contribution in [-0.4, -0.2) is 74.3 Å². The summed E-state index contributed by atoms with van der Waals surface area (Å²) >= 11 is 0. The summed E-state index contributed by atoms with van der Waals surface area (Å²) in [5.74, 6) is 1.31. The zero-order valence-corrected chi connectivity index (χ0v) is 15.6. The van der Waals surface area contributed by atoms with Gasteiger partial charge in [-0.25, -0.2) is 0 Å². The lowest BCUT2D eigenvalue weighted by Crippen LogP contribution is -2.54. The molecule has 0 radical (unpaired) electrons. The van der Waals surface area contributed by atoms with Gasteiger partial charge >= 0.3 is 0 Å². The van der Waals surface area contributed by atoms with Crippen molar-refractivity contribution in [2.24, 2.45) is 5.92 Å². The van der Waals surface area contributed by atoms with Crippen LogP contribution >= 0.6 is 0 Å². The molecule has 0 aliphatic carbocycles. The van der Waals surface area contributed by atoms with Crippen molar-refractivity contribution in [2.45, 2.75) is 25.4 Å². The first-order valence-electron chi connectivity index (χ1n) is 8.88. The van der Waals surface area contributed by atoms with Crippen molar-refractivity contribution in [1.82, 2.24) is 9.80 Å². The maximum atomic E-state index is 13.2. The van der Waals surface area contributed by atoms with Crippen LogP contribution in [0.3, 0.4) is 0 Å². The summed E-state index contributed by atoms with van der Waals surface area (Å²) in [6.45, 7) is 7.79. The van der Waals surface area contributed by atoms with Crippen LogP contribution in [0.2, 0.25) is 0 Å². The number of nitrogens with one attached hydrogen (secondary N) is 1. The number of methoxy groups -OCH3 is 1. The Morgan fingerprint density at radius 2 is 1.92 bits per heavy atom. The molecule has 25 heavy (non-hydrogen) atoms. The maximum absolute atomic E-state index is 13.2. The zero-order chi connectivity index (χ0) is 18.0. The fourth-order valence-electron chi connectivity index (χ4n) is 3.70. The summed E-state index contributed by atoms with van der Waals surface area (Å²) in [5, 5.41) is 3.37. The number of nitrogens with zero attached hydrogens (tertiary/aromatic N) is 2. The Kier molecular flexibility index (Phi) is 5.20. The lowest BCUT2D eigenvalue weighted by Gasteiger charge is -2.36. The number of likely N-dealkylation sites (N-methyl/N-ethyl adjacent to an activating group) is 1. The molecule has 2 saturated heterocycles. The highest BCUT2D eigenvalue weighted by Crippen LogP contribution is 2.24. The molecule has 0 unspecified atom stereocenters. The Balaban J connectivity index is 1.71. The Bertz CT molecular complexity index is 602. The van der Waals surface area contributed by atoms with Gasteiger partial charge in [0.25, 0.3) is 0 Å². The average Bonchev–Trinajstić information content (AvgIpc) is 2.83. The fourth-order valence-corrected chi connectivity index (χ4v) is 3.70. The van der Waals surface area contributed by atoms with Crippen molar-refractivity contribution >= 4 is 11.6 Å².